The fraction of sp³-hybridized carbons (Fsp3) is 0.145. The maximum atomic E-state index is 12.9. The first kappa shape index (κ1) is 69.5. The summed E-state index contributed by atoms with van der Waals surface area (Å²) in [6, 6.07) is 64.5. The van der Waals surface area contributed by atoms with E-state index in [-0.39, 0.29) is 50.7 Å². The minimum Gasteiger partial charge on any atom is -0.457 e. The van der Waals surface area contributed by atoms with Crippen LogP contribution >= 0.6 is 0 Å². The summed E-state index contributed by atoms with van der Waals surface area (Å²) in [4.78, 5) is 124. The highest BCUT2D eigenvalue weighted by Gasteiger charge is 2.37. The fourth-order valence-corrected chi connectivity index (χ4v) is 11.7. The molecule has 0 aliphatic carbocycles. The lowest BCUT2D eigenvalue weighted by Crippen LogP contribution is -2.29. The number of ketones is 3. The smallest absolute Gasteiger partial charge is 0.266 e. The first-order chi connectivity index (χ1) is 48.6. The molecular weight excluding hydrogens is 1270 g/mol. The Bertz CT molecular complexity index is 5530. The molecule has 18 nitrogen and oxygen atoms in total. The molecule has 18 heteroatoms. The number of carbonyl (C=O) groups excluding carboxylic acids is 5. The standard InChI is InChI=1S/C24H24N4.C24H16N2O5.C18H15NO3.C17H17NO2/c1-15-5-6-19(13-16(15)2)20-11-12-21-22(14-20)28-24(27-21)18-9-7-17(8-10-18)23(25-3)26-4;1-13-3-7-15(8-4-13)31-16-9-5-14(6-10-16)26-23(29)19-11-17-18(12-20(19)24(26)30)22(28)25(2)21(17)27;1-3-16(20)12-6-9-14-15(10-12)18(22)19(17(14)21)13-7-4-11(2)5-8-13;1-12(19)14-5-7-15(8-6-14)17(20)11-13-3-9-16(18-2)10-4-13/h5-14H,1-4H3,(H,25,26)(H,27,28);3-12H,1-2H3;4-10H,3H2,1-2H3;3-10,18H,11H2,1-2H3. The number of benzene rings is 10. The Kier molecular flexibility index (Phi) is 20.6. The number of imide groups is 1. The number of nitrogens with zero attached hydrogens (tertiary/aromatic N) is 5. The van der Waals surface area contributed by atoms with E-state index < -0.39 is 22.2 Å². The summed E-state index contributed by atoms with van der Waals surface area (Å²) in [7, 11) is 6.89. The third-order valence-corrected chi connectivity index (χ3v) is 17.7. The van der Waals surface area contributed by atoms with Crippen molar-refractivity contribution in [3.8, 4) is 39.7 Å². The highest BCUT2D eigenvalue weighted by atomic mass is 16.5. The zero-order valence-electron chi connectivity index (χ0n) is 57.4. The van der Waals surface area contributed by atoms with E-state index in [1.54, 1.807) is 86.8 Å². The summed E-state index contributed by atoms with van der Waals surface area (Å²) in [5.41, 5.74) is 14.6. The van der Waals surface area contributed by atoms with Crippen LogP contribution in [-0.4, -0.2) is 75.2 Å². The van der Waals surface area contributed by atoms with Crippen LogP contribution in [-0.2, 0) is 13.5 Å². The molecule has 3 aromatic heterocycles. The quantitative estimate of drug-likeness (QED) is 0.0398. The average molecular weight is 1340 g/mol. The monoisotopic (exact) mass is 1340 g/mol. The molecule has 3 N–H and O–H groups in total. The third kappa shape index (κ3) is 14.9. The SMILES string of the molecule is CCC(=O)c1ccc2c(c1)C(=O)N(c1ccc(C)cc1)C2=O.CN=C(NC)c1ccc(-c2nc3ccc(-c4ccc(C)c(C)c4)cc3[nH]2)cc1.CNc1ccc(CC(=O)c2ccc(C(C)=O)cc2)cc1.Cc1ccc(Oc2ccc(-n3c(=O)c4cc5c(=O)n(C)c(=O)c5cc4c3=O)cc2)cc1. The van der Waals surface area contributed by atoms with Crippen molar-refractivity contribution < 1.29 is 28.7 Å². The van der Waals surface area contributed by atoms with Crippen LogP contribution in [0.25, 0.3) is 60.8 Å². The highest BCUT2D eigenvalue weighted by Crippen LogP contribution is 2.32. The molecule has 101 heavy (non-hydrogen) atoms. The van der Waals surface area contributed by atoms with Crippen LogP contribution in [0.5, 0.6) is 11.5 Å². The molecule has 0 spiro atoms. The number of imidazole rings is 1. The summed E-state index contributed by atoms with van der Waals surface area (Å²) >= 11 is 0. The second-order valence-corrected chi connectivity index (χ2v) is 24.5. The molecule has 13 aromatic rings. The second kappa shape index (κ2) is 29.9. The number of rotatable bonds is 14. The molecule has 0 unspecified atom stereocenters. The van der Waals surface area contributed by atoms with Gasteiger partial charge in [0.15, 0.2) is 17.3 Å². The zero-order valence-corrected chi connectivity index (χ0v) is 57.4. The summed E-state index contributed by atoms with van der Waals surface area (Å²) < 4.78 is 7.79. The number of hydrogen-bond acceptors (Lipinski definition) is 13. The molecule has 1 aliphatic heterocycles. The van der Waals surface area contributed by atoms with Crippen molar-refractivity contribution in [3.05, 3.63) is 315 Å². The topological polar surface area (TPSA) is 241 Å². The van der Waals surface area contributed by atoms with Gasteiger partial charge < -0.3 is 20.4 Å². The van der Waals surface area contributed by atoms with Crippen molar-refractivity contribution in [3.63, 3.8) is 0 Å². The van der Waals surface area contributed by atoms with Crippen molar-refractivity contribution in [2.45, 2.75) is 54.4 Å². The van der Waals surface area contributed by atoms with E-state index in [2.05, 4.69) is 95.1 Å². The van der Waals surface area contributed by atoms with Gasteiger partial charge in [-0.25, -0.2) is 14.5 Å². The second-order valence-electron chi connectivity index (χ2n) is 24.5. The van der Waals surface area contributed by atoms with Gasteiger partial charge in [-0.15, -0.1) is 0 Å². The van der Waals surface area contributed by atoms with Crippen LogP contribution < -0.4 is 42.5 Å². The number of aromatic nitrogens is 4. The Balaban J connectivity index is 0.000000138. The van der Waals surface area contributed by atoms with E-state index in [0.717, 1.165) is 70.2 Å². The van der Waals surface area contributed by atoms with Crippen molar-refractivity contribution in [2.75, 3.05) is 31.4 Å². The number of carbonyl (C=O) groups is 5. The maximum Gasteiger partial charge on any atom is 0.266 e. The van der Waals surface area contributed by atoms with Gasteiger partial charge in [-0.05, 0) is 159 Å². The number of aliphatic imine (C=N–C) groups is 1. The first-order valence-corrected chi connectivity index (χ1v) is 32.7. The predicted molar refractivity (Wildman–Crippen MR) is 400 cm³/mol. The van der Waals surface area contributed by atoms with E-state index >= 15 is 0 Å². The summed E-state index contributed by atoms with van der Waals surface area (Å²) in [5, 5.41) is 6.64. The molecule has 0 bridgehead atoms. The largest absolute Gasteiger partial charge is 0.457 e. The van der Waals surface area contributed by atoms with Gasteiger partial charge in [0.2, 0.25) is 0 Å². The van der Waals surface area contributed by atoms with Gasteiger partial charge in [-0.3, -0.25) is 52.7 Å². The fourth-order valence-electron chi connectivity index (χ4n) is 11.7. The number of anilines is 2. The molecule has 4 heterocycles. The molecule has 1 aliphatic rings. The lowest BCUT2D eigenvalue weighted by molar-refractivity contribution is 0.0922. The summed E-state index contributed by atoms with van der Waals surface area (Å²) in [6.07, 6.45) is 0.728. The number of ether oxygens (including phenoxy) is 1. The van der Waals surface area contributed by atoms with Crippen molar-refractivity contribution >= 4 is 79.0 Å². The van der Waals surface area contributed by atoms with Crippen molar-refractivity contribution in [1.82, 2.24) is 24.4 Å². The van der Waals surface area contributed by atoms with Gasteiger partial charge in [0.05, 0.1) is 55.1 Å². The number of fused-ring (bicyclic) bond motifs is 4. The summed E-state index contributed by atoms with van der Waals surface area (Å²) in [6.45, 7) is 11.5. The number of nitrogens with one attached hydrogen (secondary N) is 3. The van der Waals surface area contributed by atoms with E-state index in [4.69, 9.17) is 9.72 Å². The van der Waals surface area contributed by atoms with Crippen LogP contribution in [0.15, 0.2) is 236 Å². The molecule has 0 fully saturated rings. The molecule has 0 saturated carbocycles. The zero-order chi connectivity index (χ0) is 71.9. The van der Waals surface area contributed by atoms with Gasteiger partial charge in [0.1, 0.15) is 23.2 Å². The van der Waals surface area contributed by atoms with Crippen LogP contribution in [0.2, 0.25) is 0 Å². The molecule has 2 amide bonds. The third-order valence-electron chi connectivity index (χ3n) is 17.7. The van der Waals surface area contributed by atoms with Crippen LogP contribution in [0.1, 0.15) is 105 Å². The average Bonchev–Trinajstić information content (AvgIpc) is 1.59. The minimum atomic E-state index is -0.537. The van der Waals surface area contributed by atoms with Gasteiger partial charge in [0.25, 0.3) is 34.1 Å². The molecule has 0 atom stereocenters. The molecular formula is C83H72N8O10. The van der Waals surface area contributed by atoms with Gasteiger partial charge in [-0.2, -0.15) is 0 Å². The Morgan fingerprint density at radius 3 is 1.58 bits per heavy atom. The predicted octanol–water partition coefficient (Wildman–Crippen LogP) is 14.4. The molecule has 504 valence electrons. The Hall–Kier alpha value is -12.8. The number of aromatic amines is 1. The number of H-pyrrole nitrogens is 1. The molecule has 14 rings (SSSR count). The minimum absolute atomic E-state index is 0.00616. The highest BCUT2D eigenvalue weighted by molar-refractivity contribution is 6.34. The Morgan fingerprint density at radius 1 is 0.505 bits per heavy atom. The number of aryl methyl sites for hydroxylation is 4. The lowest BCUT2D eigenvalue weighted by Gasteiger charge is -2.13. The number of amides is 2. The van der Waals surface area contributed by atoms with Crippen molar-refractivity contribution in [1.29, 1.82) is 0 Å². The van der Waals surface area contributed by atoms with Gasteiger partial charge in [-0.1, -0.05) is 133 Å². The number of amidine groups is 1. The molecule has 10 aromatic carbocycles. The van der Waals surface area contributed by atoms with E-state index in [1.807, 2.05) is 88.6 Å². The molecule has 0 saturated heterocycles. The molecule has 0 radical (unpaired) electrons. The van der Waals surface area contributed by atoms with Crippen molar-refractivity contribution in [2.24, 2.45) is 12.0 Å². The van der Waals surface area contributed by atoms with Crippen LogP contribution in [0, 0.1) is 27.7 Å². The summed E-state index contributed by atoms with van der Waals surface area (Å²) in [5.74, 6) is 2.26. The first-order valence-electron chi connectivity index (χ1n) is 32.7. The lowest BCUT2D eigenvalue weighted by atomic mass is 10.0. The van der Waals surface area contributed by atoms with E-state index in [1.165, 1.54) is 54.4 Å². The Labute approximate surface area is 581 Å². The van der Waals surface area contributed by atoms with E-state index in [0.29, 0.717) is 63.5 Å². The number of Topliss-reactive ketones (excluding diaryl/α,β-unsaturated/α-hetero) is 3. The normalized spacial score (nSPS) is 11.7. The maximum absolute atomic E-state index is 12.9. The number of hydrogen-bond donors (Lipinski definition) is 3. The van der Waals surface area contributed by atoms with Gasteiger partial charge >= 0.3 is 0 Å². The van der Waals surface area contributed by atoms with Crippen LogP contribution in [0.3, 0.4) is 0 Å². The van der Waals surface area contributed by atoms with E-state index in [9.17, 15) is 43.2 Å². The van der Waals surface area contributed by atoms with Gasteiger partial charge in [0, 0.05) is 74.5 Å². The Morgan fingerprint density at radius 2 is 1.02 bits per heavy atom. The van der Waals surface area contributed by atoms with Crippen LogP contribution in [0.4, 0.5) is 11.4 Å².